The fraction of sp³-hybridized carbons (Fsp3) is 0. The molecule has 0 aromatic heterocycles. The van der Waals surface area contributed by atoms with E-state index in [1.54, 1.807) is 12.1 Å². The van der Waals surface area contributed by atoms with Crippen LogP contribution >= 0.6 is 0 Å². The molecule has 0 fully saturated rings. The van der Waals surface area contributed by atoms with Crippen LogP contribution in [-0.4, -0.2) is 6.21 Å². The Morgan fingerprint density at radius 2 is 1.53 bits per heavy atom. The monoisotopic (exact) mass is 249 g/mol. The SMILES string of the molecule is Fc1ccc(N=Cc2cccc3ccccc23)cc1. The molecule has 0 unspecified atom stereocenters. The van der Waals surface area contributed by atoms with Crippen LogP contribution in [0.5, 0.6) is 0 Å². The van der Waals surface area contributed by atoms with Crippen LogP contribution in [0.3, 0.4) is 0 Å². The third-order valence-corrected chi connectivity index (χ3v) is 3.00. The minimum absolute atomic E-state index is 0.246. The molecule has 0 aliphatic rings. The topological polar surface area (TPSA) is 12.4 Å². The lowest BCUT2D eigenvalue weighted by atomic mass is 10.1. The summed E-state index contributed by atoms with van der Waals surface area (Å²) in [6, 6.07) is 20.4. The van der Waals surface area contributed by atoms with Crippen LogP contribution in [0.15, 0.2) is 71.7 Å². The van der Waals surface area contributed by atoms with Gasteiger partial charge < -0.3 is 0 Å². The van der Waals surface area contributed by atoms with E-state index in [-0.39, 0.29) is 5.82 Å². The Labute approximate surface area is 111 Å². The lowest BCUT2D eigenvalue weighted by Crippen LogP contribution is -1.83. The van der Waals surface area contributed by atoms with E-state index in [2.05, 4.69) is 23.2 Å². The molecule has 0 aliphatic carbocycles. The van der Waals surface area contributed by atoms with Crippen LogP contribution in [0.2, 0.25) is 0 Å². The lowest BCUT2D eigenvalue weighted by molar-refractivity contribution is 0.628. The average molecular weight is 249 g/mol. The third kappa shape index (κ3) is 2.52. The number of aliphatic imine (C=N–C) groups is 1. The number of hydrogen-bond acceptors (Lipinski definition) is 1. The first-order chi connectivity index (χ1) is 9.33. The third-order valence-electron chi connectivity index (χ3n) is 3.00. The van der Waals surface area contributed by atoms with Crippen LogP contribution in [-0.2, 0) is 0 Å². The van der Waals surface area contributed by atoms with Gasteiger partial charge in [0.15, 0.2) is 0 Å². The molecule has 0 heterocycles. The molecular weight excluding hydrogens is 237 g/mol. The molecule has 3 rings (SSSR count). The summed E-state index contributed by atoms with van der Waals surface area (Å²) >= 11 is 0. The van der Waals surface area contributed by atoms with Crippen LogP contribution < -0.4 is 0 Å². The molecule has 0 spiro atoms. The van der Waals surface area contributed by atoms with Crippen LogP contribution in [0.1, 0.15) is 5.56 Å². The van der Waals surface area contributed by atoms with Gasteiger partial charge in [-0.3, -0.25) is 4.99 Å². The van der Waals surface area contributed by atoms with Gasteiger partial charge in [-0.2, -0.15) is 0 Å². The molecule has 0 saturated carbocycles. The first kappa shape index (κ1) is 11.6. The summed E-state index contributed by atoms with van der Waals surface area (Å²) in [7, 11) is 0. The standard InChI is InChI=1S/C17H12FN/c18-15-8-10-16(11-9-15)19-12-14-6-3-5-13-4-1-2-7-17(13)14/h1-12H. The Bertz CT molecular complexity index is 724. The number of fused-ring (bicyclic) bond motifs is 1. The van der Waals surface area contributed by atoms with Gasteiger partial charge in [0.2, 0.25) is 0 Å². The fourth-order valence-electron chi connectivity index (χ4n) is 2.03. The van der Waals surface area contributed by atoms with E-state index in [4.69, 9.17) is 0 Å². The highest BCUT2D eigenvalue weighted by Crippen LogP contribution is 2.18. The molecule has 0 atom stereocenters. The maximum absolute atomic E-state index is 12.8. The predicted octanol–water partition coefficient (Wildman–Crippen LogP) is 4.73. The predicted molar refractivity (Wildman–Crippen MR) is 77.6 cm³/mol. The van der Waals surface area contributed by atoms with E-state index in [1.165, 1.54) is 17.5 Å². The summed E-state index contributed by atoms with van der Waals surface area (Å²) in [6.07, 6.45) is 1.82. The van der Waals surface area contributed by atoms with E-state index < -0.39 is 0 Å². The number of halogens is 1. The lowest BCUT2D eigenvalue weighted by Gasteiger charge is -2.01. The minimum atomic E-state index is -0.246. The molecule has 0 N–H and O–H groups in total. The van der Waals surface area contributed by atoms with E-state index >= 15 is 0 Å². The molecule has 0 aliphatic heterocycles. The first-order valence-electron chi connectivity index (χ1n) is 6.10. The molecule has 2 heteroatoms. The average Bonchev–Trinajstić information content (AvgIpc) is 2.47. The highest BCUT2D eigenvalue weighted by atomic mass is 19.1. The quantitative estimate of drug-likeness (QED) is 0.582. The summed E-state index contributed by atoms with van der Waals surface area (Å²) in [6.45, 7) is 0. The molecular formula is C17H12FN. The number of hydrogen-bond donors (Lipinski definition) is 0. The normalized spacial score (nSPS) is 11.2. The van der Waals surface area contributed by atoms with Gasteiger partial charge in [0.1, 0.15) is 5.82 Å². The summed E-state index contributed by atoms with van der Waals surface area (Å²) in [5.74, 6) is -0.246. The highest BCUT2D eigenvalue weighted by Gasteiger charge is 1.97. The van der Waals surface area contributed by atoms with Gasteiger partial charge in [0.25, 0.3) is 0 Å². The highest BCUT2D eigenvalue weighted by molar-refractivity contribution is 6.00. The fourth-order valence-corrected chi connectivity index (χ4v) is 2.03. The van der Waals surface area contributed by atoms with Crippen molar-refractivity contribution in [2.75, 3.05) is 0 Å². The van der Waals surface area contributed by atoms with Crippen LogP contribution in [0, 0.1) is 5.82 Å². The van der Waals surface area contributed by atoms with Gasteiger partial charge in [0, 0.05) is 11.8 Å². The summed E-state index contributed by atoms with van der Waals surface area (Å²) in [5, 5.41) is 2.35. The van der Waals surface area contributed by atoms with Crippen molar-refractivity contribution in [2.45, 2.75) is 0 Å². The number of rotatable bonds is 2. The van der Waals surface area contributed by atoms with E-state index in [0.29, 0.717) is 0 Å². The molecule has 3 aromatic rings. The van der Waals surface area contributed by atoms with Crippen LogP contribution in [0.25, 0.3) is 10.8 Å². The minimum Gasteiger partial charge on any atom is -0.256 e. The molecule has 19 heavy (non-hydrogen) atoms. The Morgan fingerprint density at radius 3 is 2.37 bits per heavy atom. The van der Waals surface area contributed by atoms with Crippen molar-refractivity contribution in [2.24, 2.45) is 4.99 Å². The van der Waals surface area contributed by atoms with Crippen molar-refractivity contribution in [1.82, 2.24) is 0 Å². The van der Waals surface area contributed by atoms with Crippen molar-refractivity contribution in [3.8, 4) is 0 Å². The maximum atomic E-state index is 12.8. The molecule has 92 valence electrons. The number of benzene rings is 3. The van der Waals surface area contributed by atoms with Crippen molar-refractivity contribution in [3.05, 3.63) is 78.1 Å². The second kappa shape index (κ2) is 5.02. The van der Waals surface area contributed by atoms with Crippen molar-refractivity contribution in [1.29, 1.82) is 0 Å². The molecule has 0 amide bonds. The summed E-state index contributed by atoms with van der Waals surface area (Å²) in [4.78, 5) is 4.38. The summed E-state index contributed by atoms with van der Waals surface area (Å²) < 4.78 is 12.8. The Hall–Kier alpha value is -2.48. The zero-order valence-electron chi connectivity index (χ0n) is 10.3. The Balaban J connectivity index is 1.99. The smallest absolute Gasteiger partial charge is 0.123 e. The first-order valence-corrected chi connectivity index (χ1v) is 6.10. The molecule has 1 nitrogen and oxygen atoms in total. The van der Waals surface area contributed by atoms with Gasteiger partial charge in [-0.25, -0.2) is 4.39 Å². The van der Waals surface area contributed by atoms with Crippen LogP contribution in [0.4, 0.5) is 10.1 Å². The van der Waals surface area contributed by atoms with E-state index in [0.717, 1.165) is 16.6 Å². The molecule has 0 saturated heterocycles. The van der Waals surface area contributed by atoms with Gasteiger partial charge in [-0.15, -0.1) is 0 Å². The van der Waals surface area contributed by atoms with Gasteiger partial charge >= 0.3 is 0 Å². The molecule has 3 aromatic carbocycles. The Kier molecular flexibility index (Phi) is 3.07. The second-order valence-corrected chi connectivity index (χ2v) is 4.30. The summed E-state index contributed by atoms with van der Waals surface area (Å²) in [5.41, 5.74) is 1.80. The number of nitrogens with zero attached hydrogens (tertiary/aromatic N) is 1. The zero-order chi connectivity index (χ0) is 13.1. The second-order valence-electron chi connectivity index (χ2n) is 4.30. The van der Waals surface area contributed by atoms with Gasteiger partial charge in [0.05, 0.1) is 5.69 Å². The van der Waals surface area contributed by atoms with Crippen molar-refractivity contribution < 1.29 is 4.39 Å². The van der Waals surface area contributed by atoms with Gasteiger partial charge in [-0.05, 0) is 35.0 Å². The molecule has 0 radical (unpaired) electrons. The van der Waals surface area contributed by atoms with E-state index in [9.17, 15) is 4.39 Å². The zero-order valence-corrected chi connectivity index (χ0v) is 10.3. The largest absolute Gasteiger partial charge is 0.256 e. The Morgan fingerprint density at radius 1 is 0.789 bits per heavy atom. The maximum Gasteiger partial charge on any atom is 0.123 e. The molecule has 0 bridgehead atoms. The van der Waals surface area contributed by atoms with Crippen molar-refractivity contribution >= 4 is 22.7 Å². The van der Waals surface area contributed by atoms with Crippen molar-refractivity contribution in [3.63, 3.8) is 0 Å². The van der Waals surface area contributed by atoms with E-state index in [1.807, 2.05) is 30.5 Å². The van der Waals surface area contributed by atoms with Gasteiger partial charge in [-0.1, -0.05) is 42.5 Å².